The van der Waals surface area contributed by atoms with Gasteiger partial charge in [-0.3, -0.25) is 34.9 Å². The van der Waals surface area contributed by atoms with Gasteiger partial charge in [-0.15, -0.1) is 0 Å². The van der Waals surface area contributed by atoms with Gasteiger partial charge in [-0.25, -0.2) is 0 Å². The summed E-state index contributed by atoms with van der Waals surface area (Å²) >= 11 is 0. The molecule has 2 rings (SSSR count). The molecule has 2 aromatic carbocycles. The van der Waals surface area contributed by atoms with E-state index in [1.54, 1.807) is 0 Å². The number of rotatable bonds is 28. The standard InChI is InChI=1S/C14H28N2.2C11H15N.C8H17NO2.2C6H13N/c1-5-6-9-15-10-7-8-14(4)12-16-11-13(2)3;1-10(2)8-12-9-11-6-4-3-5-7-11;1-2-3-9-12-10-11-7-5-4-6-8-11;1-2-3-4-9-5-7-11-8-6-10;1-4-7-5-6(2)3;1-3-5-6-7-4-2/h9,11,13-14H,5-8,10,12H2,1-4H3;3-8,10H,9H2,1-2H3;4-9H,2-3,10H2,1H3;4,10H,2-3,5-8H2,1H3;5-6H,4H2,1-3H3;6H,3-5H2,1-2H3. The van der Waals surface area contributed by atoms with E-state index in [0.29, 0.717) is 43.4 Å². The first-order chi connectivity index (χ1) is 31.5. The molecule has 0 saturated carbocycles. The average Bonchev–Trinajstić information content (AvgIpc) is 3.30. The van der Waals surface area contributed by atoms with E-state index in [2.05, 4.69) is 148 Å². The number of aliphatic imine (C=N–C) groups is 7. The van der Waals surface area contributed by atoms with Crippen LogP contribution in [-0.4, -0.2) is 101 Å². The van der Waals surface area contributed by atoms with Gasteiger partial charge in [0.1, 0.15) is 0 Å². The average molecular weight is 904 g/mol. The van der Waals surface area contributed by atoms with Crippen molar-refractivity contribution < 1.29 is 9.84 Å². The number of hydrogen-bond donors (Lipinski definition) is 1. The Morgan fingerprint density at radius 1 is 0.477 bits per heavy atom. The normalized spacial score (nSPS) is 11.8. The van der Waals surface area contributed by atoms with Crippen molar-refractivity contribution in [2.45, 2.75) is 167 Å². The first-order valence-electron chi connectivity index (χ1n) is 25.2. The van der Waals surface area contributed by atoms with Crippen molar-refractivity contribution in [3.8, 4) is 0 Å². The van der Waals surface area contributed by atoms with E-state index in [4.69, 9.17) is 9.84 Å². The van der Waals surface area contributed by atoms with E-state index in [1.165, 1.54) is 43.2 Å². The molecule has 0 bridgehead atoms. The maximum atomic E-state index is 8.34. The van der Waals surface area contributed by atoms with Crippen LogP contribution in [0.15, 0.2) is 95.6 Å². The van der Waals surface area contributed by atoms with Crippen molar-refractivity contribution in [2.24, 2.45) is 58.6 Å². The summed E-state index contributed by atoms with van der Waals surface area (Å²) < 4.78 is 5.00. The molecule has 1 atom stereocenters. The zero-order valence-electron chi connectivity index (χ0n) is 44.3. The molecule has 65 heavy (non-hydrogen) atoms. The molecule has 0 amide bonds. The minimum Gasteiger partial charge on any atom is -0.394 e. The Labute approximate surface area is 402 Å². The molecule has 0 aromatic heterocycles. The summed E-state index contributed by atoms with van der Waals surface area (Å²) in [4.78, 5) is 29.6. The Hall–Kier alpha value is -3.95. The second-order valence-electron chi connectivity index (χ2n) is 16.5. The lowest BCUT2D eigenvalue weighted by Crippen LogP contribution is -2.02. The van der Waals surface area contributed by atoms with Gasteiger partial charge in [0.15, 0.2) is 0 Å². The van der Waals surface area contributed by atoms with Crippen LogP contribution in [-0.2, 0) is 17.8 Å². The van der Waals surface area contributed by atoms with Crippen LogP contribution < -0.4 is 0 Å². The van der Waals surface area contributed by atoms with Crippen LogP contribution in [0.3, 0.4) is 0 Å². The van der Waals surface area contributed by atoms with E-state index in [9.17, 15) is 0 Å². The van der Waals surface area contributed by atoms with Crippen molar-refractivity contribution in [2.75, 3.05) is 52.5 Å². The van der Waals surface area contributed by atoms with E-state index >= 15 is 0 Å². The highest BCUT2D eigenvalue weighted by atomic mass is 16.5. The highest BCUT2D eigenvalue weighted by Gasteiger charge is 1.99. The fourth-order valence-electron chi connectivity index (χ4n) is 4.57. The molecule has 1 unspecified atom stereocenters. The van der Waals surface area contributed by atoms with Gasteiger partial charge in [-0.2, -0.15) is 0 Å². The Balaban J connectivity index is -0.000000351. The van der Waals surface area contributed by atoms with Gasteiger partial charge in [-0.1, -0.05) is 163 Å². The summed E-state index contributed by atoms with van der Waals surface area (Å²) in [7, 11) is 0. The Bertz CT molecular complexity index is 1370. The summed E-state index contributed by atoms with van der Waals surface area (Å²) in [6.45, 7) is 35.1. The summed E-state index contributed by atoms with van der Waals surface area (Å²) in [6, 6.07) is 20.6. The number of unbranched alkanes of at least 4 members (excludes halogenated alkanes) is 4. The van der Waals surface area contributed by atoms with Crippen LogP contribution in [0.2, 0.25) is 0 Å². The van der Waals surface area contributed by atoms with Crippen LogP contribution in [0.1, 0.15) is 165 Å². The van der Waals surface area contributed by atoms with E-state index in [0.717, 1.165) is 71.4 Å². The van der Waals surface area contributed by atoms with Gasteiger partial charge in [0.2, 0.25) is 0 Å². The van der Waals surface area contributed by atoms with E-state index < -0.39 is 0 Å². The maximum Gasteiger partial charge on any atom is 0.0698 e. The summed E-state index contributed by atoms with van der Waals surface area (Å²) in [5.41, 5.74) is 2.55. The molecule has 1 N–H and O–H groups in total. The van der Waals surface area contributed by atoms with Crippen molar-refractivity contribution in [1.82, 2.24) is 0 Å². The molecular formula is C56H101N7O2. The second-order valence-corrected chi connectivity index (χ2v) is 16.5. The lowest BCUT2D eigenvalue weighted by molar-refractivity contribution is 0.0978. The van der Waals surface area contributed by atoms with Crippen molar-refractivity contribution in [1.29, 1.82) is 0 Å². The van der Waals surface area contributed by atoms with Gasteiger partial charge in [0.05, 0.1) is 39.5 Å². The topological polar surface area (TPSA) is 116 Å². The van der Waals surface area contributed by atoms with Gasteiger partial charge < -0.3 is 9.84 Å². The molecule has 0 fully saturated rings. The highest BCUT2D eigenvalue weighted by Crippen LogP contribution is 2.06. The van der Waals surface area contributed by atoms with Gasteiger partial charge >= 0.3 is 0 Å². The SMILES string of the molecule is CC(C)C=NCc1ccccc1.CCCC=NCC.CCCC=NCCCC(C)CN=CC(C)C.CCCC=NCCOCCO.CCCC=NCc1ccccc1.CCN=CC(C)C. The van der Waals surface area contributed by atoms with Crippen LogP contribution in [0.4, 0.5) is 0 Å². The first-order valence-corrected chi connectivity index (χ1v) is 25.2. The minimum absolute atomic E-state index is 0.0959. The monoisotopic (exact) mass is 904 g/mol. The van der Waals surface area contributed by atoms with Crippen LogP contribution in [0, 0.1) is 23.7 Å². The van der Waals surface area contributed by atoms with Crippen molar-refractivity contribution in [3.63, 3.8) is 0 Å². The molecule has 9 heteroatoms. The van der Waals surface area contributed by atoms with E-state index in [1.807, 2.05) is 81.3 Å². The first kappa shape index (κ1) is 67.6. The quantitative estimate of drug-likeness (QED) is 0.0676. The molecule has 2 aromatic rings. The molecule has 0 radical (unpaired) electrons. The van der Waals surface area contributed by atoms with Crippen LogP contribution in [0.5, 0.6) is 0 Å². The zero-order valence-corrected chi connectivity index (χ0v) is 44.3. The third-order valence-electron chi connectivity index (χ3n) is 8.00. The summed E-state index contributed by atoms with van der Waals surface area (Å²) in [5.74, 6) is 2.43. The lowest BCUT2D eigenvalue weighted by Gasteiger charge is -2.06. The molecule has 9 nitrogen and oxygen atoms in total. The Morgan fingerprint density at radius 2 is 0.892 bits per heavy atom. The number of hydrogen-bond acceptors (Lipinski definition) is 9. The minimum atomic E-state index is 0.0959. The smallest absolute Gasteiger partial charge is 0.0698 e. The number of aliphatic hydroxyl groups is 1. The molecule has 0 heterocycles. The van der Waals surface area contributed by atoms with E-state index in [-0.39, 0.29) is 6.61 Å². The predicted octanol–water partition coefficient (Wildman–Crippen LogP) is 14.4. The van der Waals surface area contributed by atoms with Gasteiger partial charge in [0, 0.05) is 44.8 Å². The Morgan fingerprint density at radius 3 is 1.32 bits per heavy atom. The summed E-state index contributed by atoms with van der Waals surface area (Å²) in [5, 5.41) is 8.34. The lowest BCUT2D eigenvalue weighted by atomic mass is 10.1. The molecule has 0 spiro atoms. The largest absolute Gasteiger partial charge is 0.394 e. The van der Waals surface area contributed by atoms with Gasteiger partial charge in [0.25, 0.3) is 0 Å². The maximum absolute atomic E-state index is 8.34. The fourth-order valence-corrected chi connectivity index (χ4v) is 4.57. The number of nitrogens with zero attached hydrogens (tertiary/aromatic N) is 7. The van der Waals surface area contributed by atoms with Crippen molar-refractivity contribution >= 4 is 43.5 Å². The molecule has 0 aliphatic carbocycles. The number of benzene rings is 2. The molecule has 0 aliphatic heterocycles. The van der Waals surface area contributed by atoms with Crippen LogP contribution >= 0.6 is 0 Å². The van der Waals surface area contributed by atoms with Gasteiger partial charge in [-0.05, 0) is 112 Å². The fraction of sp³-hybridized carbons (Fsp3) is 0.661. The van der Waals surface area contributed by atoms with Crippen LogP contribution in [0.25, 0.3) is 0 Å². The molecule has 0 aliphatic rings. The second kappa shape index (κ2) is 60.1. The molecular weight excluding hydrogens is 803 g/mol. The zero-order chi connectivity index (χ0) is 49.3. The highest BCUT2D eigenvalue weighted by molar-refractivity contribution is 5.60. The van der Waals surface area contributed by atoms with Crippen molar-refractivity contribution in [3.05, 3.63) is 71.8 Å². The molecule has 372 valence electrons. The number of ether oxygens (including phenoxy) is 1. The third-order valence-corrected chi connectivity index (χ3v) is 8.00. The third kappa shape index (κ3) is 69.3. The predicted molar refractivity (Wildman–Crippen MR) is 296 cm³/mol. The summed E-state index contributed by atoms with van der Waals surface area (Å²) in [6.07, 6.45) is 25.5. The molecule has 0 saturated heterocycles. The Kier molecular flexibility index (Phi) is 62.5. The number of aliphatic hydroxyl groups excluding tert-OH is 1.